The number of esters is 1. The fourth-order valence-corrected chi connectivity index (χ4v) is 3.15. The van der Waals surface area contributed by atoms with Crippen molar-refractivity contribution in [1.82, 2.24) is 0 Å². The van der Waals surface area contributed by atoms with Crippen LogP contribution in [0, 0.1) is 5.92 Å². The molecule has 0 heterocycles. The van der Waals surface area contributed by atoms with Crippen molar-refractivity contribution < 1.29 is 14.6 Å². The second-order valence-corrected chi connectivity index (χ2v) is 6.49. The summed E-state index contributed by atoms with van der Waals surface area (Å²) in [5.41, 5.74) is 2.33. The van der Waals surface area contributed by atoms with Crippen LogP contribution in [-0.4, -0.2) is 17.2 Å². The van der Waals surface area contributed by atoms with Gasteiger partial charge in [0.2, 0.25) is 0 Å². The topological polar surface area (TPSA) is 46.5 Å². The zero-order valence-corrected chi connectivity index (χ0v) is 13.8. The maximum atomic E-state index is 12.3. The number of hydrogen-bond acceptors (Lipinski definition) is 3. The van der Waals surface area contributed by atoms with Crippen molar-refractivity contribution in [1.29, 1.82) is 0 Å². The Hall–Kier alpha value is -1.51. The maximum Gasteiger partial charge on any atom is 0.309 e. The van der Waals surface area contributed by atoms with Crippen LogP contribution in [0.4, 0.5) is 0 Å². The quantitative estimate of drug-likeness (QED) is 0.600. The number of ether oxygens (including phenoxy) is 1. The molecule has 1 aromatic carbocycles. The number of carbonyl (C=O) groups is 1. The van der Waals surface area contributed by atoms with E-state index in [0.717, 1.165) is 37.7 Å². The molecule has 0 fully saturated rings. The lowest BCUT2D eigenvalue weighted by molar-refractivity contribution is -0.154. The van der Waals surface area contributed by atoms with Gasteiger partial charge in [0.1, 0.15) is 5.75 Å². The molecule has 0 amide bonds. The Morgan fingerprint density at radius 2 is 2.14 bits per heavy atom. The largest absolute Gasteiger partial charge is 0.508 e. The van der Waals surface area contributed by atoms with Gasteiger partial charge in [0.25, 0.3) is 0 Å². The molecule has 0 bridgehead atoms. The van der Waals surface area contributed by atoms with Crippen LogP contribution in [0.2, 0.25) is 0 Å². The normalized spacial score (nSPS) is 18.5. The molecule has 3 heteroatoms. The molecule has 22 heavy (non-hydrogen) atoms. The van der Waals surface area contributed by atoms with Crippen molar-refractivity contribution >= 4 is 5.97 Å². The maximum absolute atomic E-state index is 12.3. The summed E-state index contributed by atoms with van der Waals surface area (Å²) < 4.78 is 5.62. The number of carbonyl (C=O) groups excluding carboxylic acids is 1. The average Bonchev–Trinajstić information content (AvgIpc) is 2.51. The second kappa shape index (κ2) is 8.21. The van der Waals surface area contributed by atoms with Crippen LogP contribution in [-0.2, 0) is 22.4 Å². The minimum Gasteiger partial charge on any atom is -0.508 e. The van der Waals surface area contributed by atoms with Gasteiger partial charge in [-0.15, -0.1) is 0 Å². The predicted octanol–water partition coefficient (Wildman–Crippen LogP) is 4.40. The first-order chi connectivity index (χ1) is 10.6. The third kappa shape index (κ3) is 4.75. The smallest absolute Gasteiger partial charge is 0.309 e. The lowest BCUT2D eigenvalue weighted by Gasteiger charge is -2.25. The summed E-state index contributed by atoms with van der Waals surface area (Å²) in [6.07, 6.45) is 8.21. The fourth-order valence-electron chi connectivity index (χ4n) is 3.15. The number of aryl methyl sites for hydroxylation is 1. The van der Waals surface area contributed by atoms with Crippen LogP contribution in [0.25, 0.3) is 0 Å². The van der Waals surface area contributed by atoms with Gasteiger partial charge in [0, 0.05) is 0 Å². The van der Waals surface area contributed by atoms with Gasteiger partial charge in [-0.25, -0.2) is 0 Å². The van der Waals surface area contributed by atoms with E-state index in [2.05, 4.69) is 6.92 Å². The zero-order chi connectivity index (χ0) is 15.9. The van der Waals surface area contributed by atoms with Crippen molar-refractivity contribution in [2.75, 3.05) is 0 Å². The Bertz CT molecular complexity index is 495. The number of rotatable bonds is 7. The highest BCUT2D eigenvalue weighted by Gasteiger charge is 2.27. The zero-order valence-electron chi connectivity index (χ0n) is 13.8. The van der Waals surface area contributed by atoms with Crippen LogP contribution in [0.15, 0.2) is 18.2 Å². The lowest BCUT2D eigenvalue weighted by atomic mass is 9.84. The van der Waals surface area contributed by atoms with E-state index in [9.17, 15) is 9.90 Å². The highest BCUT2D eigenvalue weighted by Crippen LogP contribution is 2.29. The molecule has 122 valence electrons. The van der Waals surface area contributed by atoms with E-state index in [4.69, 9.17) is 4.74 Å². The number of fused-ring (bicyclic) bond motifs is 1. The number of benzene rings is 1. The van der Waals surface area contributed by atoms with Crippen molar-refractivity contribution in [2.24, 2.45) is 5.92 Å². The van der Waals surface area contributed by atoms with Gasteiger partial charge in [-0.05, 0) is 62.3 Å². The summed E-state index contributed by atoms with van der Waals surface area (Å²) in [5, 5.41) is 9.51. The third-order valence-corrected chi connectivity index (χ3v) is 4.53. The number of unbranched alkanes of at least 4 members (excludes halogenated alkanes) is 3. The van der Waals surface area contributed by atoms with E-state index in [1.165, 1.54) is 24.8 Å². The van der Waals surface area contributed by atoms with E-state index in [1.54, 1.807) is 6.07 Å². The summed E-state index contributed by atoms with van der Waals surface area (Å²) in [7, 11) is 0. The van der Waals surface area contributed by atoms with Crippen LogP contribution in [0.3, 0.4) is 0 Å². The minimum atomic E-state index is -0.0540. The molecule has 0 saturated heterocycles. The summed E-state index contributed by atoms with van der Waals surface area (Å²) >= 11 is 0. The van der Waals surface area contributed by atoms with E-state index >= 15 is 0 Å². The Morgan fingerprint density at radius 1 is 1.32 bits per heavy atom. The van der Waals surface area contributed by atoms with Crippen molar-refractivity contribution in [3.8, 4) is 5.75 Å². The minimum absolute atomic E-state index is 0.0190. The van der Waals surface area contributed by atoms with Gasteiger partial charge in [0.05, 0.1) is 12.0 Å². The van der Waals surface area contributed by atoms with Gasteiger partial charge in [0.15, 0.2) is 0 Å². The molecule has 0 spiro atoms. The molecule has 1 unspecified atom stereocenters. The van der Waals surface area contributed by atoms with Crippen LogP contribution in [0.1, 0.15) is 63.5 Å². The van der Waals surface area contributed by atoms with E-state index in [1.807, 2.05) is 19.1 Å². The third-order valence-electron chi connectivity index (χ3n) is 4.53. The molecule has 0 aromatic heterocycles. The molecule has 0 saturated carbocycles. The Labute approximate surface area is 133 Å². The van der Waals surface area contributed by atoms with E-state index in [0.29, 0.717) is 5.75 Å². The van der Waals surface area contributed by atoms with Crippen LogP contribution >= 0.6 is 0 Å². The Kier molecular flexibility index (Phi) is 6.29. The predicted molar refractivity (Wildman–Crippen MR) is 87.9 cm³/mol. The van der Waals surface area contributed by atoms with Gasteiger partial charge >= 0.3 is 5.97 Å². The standard InChI is InChI=1S/C19H28O3/c1-3-4-5-6-7-14(2)22-19(21)17-9-8-16-13-18(20)11-10-15(16)12-17/h10-11,13-14,17,20H,3-9,12H2,1-2H3/t14-,17?/m1/s1. The Morgan fingerprint density at radius 3 is 2.91 bits per heavy atom. The molecule has 1 N–H and O–H groups in total. The fraction of sp³-hybridized carbons (Fsp3) is 0.632. The van der Waals surface area contributed by atoms with Gasteiger partial charge in [-0.2, -0.15) is 0 Å². The number of phenols is 1. The van der Waals surface area contributed by atoms with Gasteiger partial charge in [-0.1, -0.05) is 32.3 Å². The highest BCUT2D eigenvalue weighted by atomic mass is 16.5. The molecule has 0 aliphatic heterocycles. The van der Waals surface area contributed by atoms with Crippen LogP contribution in [0.5, 0.6) is 5.75 Å². The van der Waals surface area contributed by atoms with Gasteiger partial charge in [-0.3, -0.25) is 4.79 Å². The van der Waals surface area contributed by atoms with Gasteiger partial charge < -0.3 is 9.84 Å². The first-order valence-corrected chi connectivity index (χ1v) is 8.61. The molecule has 1 aliphatic rings. The number of aromatic hydroxyl groups is 1. The molecule has 3 nitrogen and oxygen atoms in total. The van der Waals surface area contributed by atoms with E-state index < -0.39 is 0 Å². The monoisotopic (exact) mass is 304 g/mol. The molecule has 0 radical (unpaired) electrons. The Balaban J connectivity index is 1.80. The number of phenolic OH excluding ortho intramolecular Hbond substituents is 1. The second-order valence-electron chi connectivity index (χ2n) is 6.49. The summed E-state index contributed by atoms with van der Waals surface area (Å²) in [6, 6.07) is 5.44. The molecular weight excluding hydrogens is 276 g/mol. The van der Waals surface area contributed by atoms with E-state index in [-0.39, 0.29) is 18.0 Å². The average molecular weight is 304 g/mol. The number of hydrogen-bond donors (Lipinski definition) is 1. The summed E-state index contributed by atoms with van der Waals surface area (Å²) in [4.78, 5) is 12.3. The molecule has 1 aliphatic carbocycles. The molecule has 2 atom stereocenters. The summed E-state index contributed by atoms with van der Waals surface area (Å²) in [5.74, 6) is 0.220. The molecule has 1 aromatic rings. The summed E-state index contributed by atoms with van der Waals surface area (Å²) in [6.45, 7) is 4.20. The molecule has 2 rings (SSSR count). The SMILES string of the molecule is CCCCCC[C@@H](C)OC(=O)C1CCc2cc(O)ccc2C1. The lowest BCUT2D eigenvalue weighted by Crippen LogP contribution is -2.27. The van der Waals surface area contributed by atoms with Crippen molar-refractivity contribution in [2.45, 2.75) is 71.3 Å². The van der Waals surface area contributed by atoms with Crippen LogP contribution < -0.4 is 0 Å². The van der Waals surface area contributed by atoms with Crippen molar-refractivity contribution in [3.05, 3.63) is 29.3 Å². The first-order valence-electron chi connectivity index (χ1n) is 8.61. The first kappa shape index (κ1) is 16.9. The van der Waals surface area contributed by atoms with Crippen molar-refractivity contribution in [3.63, 3.8) is 0 Å². The molecular formula is C19H28O3. The highest BCUT2D eigenvalue weighted by molar-refractivity contribution is 5.73.